The first-order valence-electron chi connectivity index (χ1n) is 6.82. The second-order valence-electron chi connectivity index (χ2n) is 4.51. The van der Waals surface area contributed by atoms with Crippen LogP contribution in [0.3, 0.4) is 0 Å². The van der Waals surface area contributed by atoms with Gasteiger partial charge < -0.3 is 5.11 Å². The molecule has 0 aliphatic heterocycles. The van der Waals surface area contributed by atoms with Crippen LogP contribution in [0.25, 0.3) is 0 Å². The van der Waals surface area contributed by atoms with Crippen LogP contribution in [-0.2, 0) is 10.2 Å². The molecule has 0 fully saturated rings. The first kappa shape index (κ1) is 17.8. The van der Waals surface area contributed by atoms with Crippen molar-refractivity contribution in [2.24, 2.45) is 0 Å². The van der Waals surface area contributed by atoms with E-state index >= 15 is 0 Å². The minimum absolute atomic E-state index is 0.175. The fourth-order valence-electron chi connectivity index (χ4n) is 1.78. The number of nitrogens with zero attached hydrogens (tertiary/aromatic N) is 2. The SMILES string of the molecule is CCCN(CCC)S(=O)(=O)N(C)CCCCCO. The number of rotatable bonds is 11. The van der Waals surface area contributed by atoms with Gasteiger partial charge in [-0.2, -0.15) is 17.0 Å². The maximum atomic E-state index is 12.3. The van der Waals surface area contributed by atoms with Crippen LogP contribution >= 0.6 is 0 Å². The van der Waals surface area contributed by atoms with E-state index in [1.54, 1.807) is 11.4 Å². The molecule has 0 atom stereocenters. The van der Waals surface area contributed by atoms with Gasteiger partial charge in [-0.05, 0) is 32.1 Å². The largest absolute Gasteiger partial charge is 0.396 e. The maximum absolute atomic E-state index is 12.3. The van der Waals surface area contributed by atoms with Gasteiger partial charge in [0.1, 0.15) is 0 Å². The van der Waals surface area contributed by atoms with Gasteiger partial charge in [0.2, 0.25) is 0 Å². The fraction of sp³-hybridized carbons (Fsp3) is 1.00. The van der Waals surface area contributed by atoms with Gasteiger partial charge in [0.15, 0.2) is 0 Å². The third kappa shape index (κ3) is 6.13. The highest BCUT2D eigenvalue weighted by Gasteiger charge is 2.24. The molecule has 5 nitrogen and oxygen atoms in total. The molecule has 0 saturated heterocycles. The molecule has 0 radical (unpaired) electrons. The molecule has 6 heteroatoms. The van der Waals surface area contributed by atoms with Crippen LogP contribution in [-0.4, -0.2) is 55.4 Å². The second-order valence-corrected chi connectivity index (χ2v) is 6.55. The smallest absolute Gasteiger partial charge is 0.281 e. The van der Waals surface area contributed by atoms with E-state index < -0.39 is 10.2 Å². The van der Waals surface area contributed by atoms with Crippen molar-refractivity contribution in [3.63, 3.8) is 0 Å². The van der Waals surface area contributed by atoms with E-state index in [9.17, 15) is 8.42 Å². The Labute approximate surface area is 112 Å². The third-order valence-corrected chi connectivity index (χ3v) is 4.79. The minimum Gasteiger partial charge on any atom is -0.396 e. The van der Waals surface area contributed by atoms with Gasteiger partial charge in [0, 0.05) is 33.3 Å². The molecule has 0 heterocycles. The van der Waals surface area contributed by atoms with Crippen molar-refractivity contribution in [1.29, 1.82) is 0 Å². The average Bonchev–Trinajstić information content (AvgIpc) is 2.34. The highest BCUT2D eigenvalue weighted by molar-refractivity contribution is 7.86. The van der Waals surface area contributed by atoms with E-state index in [0.717, 1.165) is 32.1 Å². The summed E-state index contributed by atoms with van der Waals surface area (Å²) in [7, 11) is -1.68. The average molecular weight is 280 g/mol. The summed E-state index contributed by atoms with van der Waals surface area (Å²) in [4.78, 5) is 0. The predicted octanol–water partition coefficient (Wildman–Crippen LogP) is 1.45. The number of hydrogen-bond donors (Lipinski definition) is 1. The quantitative estimate of drug-likeness (QED) is 0.583. The molecule has 0 rings (SSSR count). The van der Waals surface area contributed by atoms with E-state index in [4.69, 9.17) is 5.11 Å². The molecular formula is C12H28N2O3S. The van der Waals surface area contributed by atoms with E-state index in [0.29, 0.717) is 19.6 Å². The monoisotopic (exact) mass is 280 g/mol. The van der Waals surface area contributed by atoms with Gasteiger partial charge >= 0.3 is 0 Å². The van der Waals surface area contributed by atoms with Gasteiger partial charge in [-0.25, -0.2) is 0 Å². The zero-order chi connectivity index (χ0) is 14.0. The third-order valence-electron chi connectivity index (χ3n) is 2.80. The van der Waals surface area contributed by atoms with Gasteiger partial charge in [-0.15, -0.1) is 0 Å². The summed E-state index contributed by atoms with van der Waals surface area (Å²) in [5.41, 5.74) is 0. The molecule has 0 aliphatic rings. The Balaban J connectivity index is 4.37. The van der Waals surface area contributed by atoms with Gasteiger partial charge in [-0.3, -0.25) is 0 Å². The Kier molecular flexibility index (Phi) is 9.63. The molecule has 110 valence electrons. The lowest BCUT2D eigenvalue weighted by Crippen LogP contribution is -2.43. The minimum atomic E-state index is -3.31. The second kappa shape index (κ2) is 9.72. The van der Waals surface area contributed by atoms with E-state index in [1.807, 2.05) is 13.8 Å². The van der Waals surface area contributed by atoms with Gasteiger partial charge in [-0.1, -0.05) is 13.8 Å². The Hall–Kier alpha value is -0.170. The normalized spacial score (nSPS) is 12.6. The van der Waals surface area contributed by atoms with Gasteiger partial charge in [0.05, 0.1) is 0 Å². The Morgan fingerprint density at radius 1 is 0.944 bits per heavy atom. The van der Waals surface area contributed by atoms with Crippen LogP contribution < -0.4 is 0 Å². The van der Waals surface area contributed by atoms with Crippen LogP contribution in [0.2, 0.25) is 0 Å². The zero-order valence-corrected chi connectivity index (χ0v) is 12.7. The van der Waals surface area contributed by atoms with Crippen molar-refractivity contribution in [3.05, 3.63) is 0 Å². The molecule has 18 heavy (non-hydrogen) atoms. The lowest BCUT2D eigenvalue weighted by atomic mass is 10.2. The van der Waals surface area contributed by atoms with Crippen molar-refractivity contribution in [3.8, 4) is 0 Å². The van der Waals surface area contributed by atoms with Crippen LogP contribution in [0.4, 0.5) is 0 Å². The molecular weight excluding hydrogens is 252 g/mol. The molecule has 0 aromatic heterocycles. The molecule has 0 bridgehead atoms. The van der Waals surface area contributed by atoms with E-state index in [2.05, 4.69) is 0 Å². The number of aliphatic hydroxyl groups excluding tert-OH is 1. The Morgan fingerprint density at radius 2 is 1.50 bits per heavy atom. The van der Waals surface area contributed by atoms with Crippen molar-refractivity contribution < 1.29 is 13.5 Å². The summed E-state index contributed by atoms with van der Waals surface area (Å²) in [6.45, 7) is 5.83. The predicted molar refractivity (Wildman–Crippen MR) is 74.6 cm³/mol. The molecule has 0 unspecified atom stereocenters. The summed E-state index contributed by atoms with van der Waals surface area (Å²) in [5, 5.41) is 8.68. The summed E-state index contributed by atoms with van der Waals surface area (Å²) in [6.07, 6.45) is 4.05. The lowest BCUT2D eigenvalue weighted by Gasteiger charge is -2.27. The van der Waals surface area contributed by atoms with Crippen LogP contribution in [0.5, 0.6) is 0 Å². The summed E-state index contributed by atoms with van der Waals surface area (Å²) >= 11 is 0. The Morgan fingerprint density at radius 3 is 1.94 bits per heavy atom. The molecule has 0 aliphatic carbocycles. The molecule has 0 aromatic carbocycles. The van der Waals surface area contributed by atoms with Crippen molar-refractivity contribution in [2.75, 3.05) is 33.3 Å². The first-order chi connectivity index (χ1) is 8.50. The topological polar surface area (TPSA) is 60.9 Å². The van der Waals surface area contributed by atoms with Gasteiger partial charge in [0.25, 0.3) is 10.2 Å². The molecule has 1 N–H and O–H groups in total. The Bertz CT molecular complexity index is 288. The van der Waals surface area contributed by atoms with Crippen LogP contribution in [0, 0.1) is 0 Å². The highest BCUT2D eigenvalue weighted by Crippen LogP contribution is 2.10. The number of aliphatic hydroxyl groups is 1. The van der Waals surface area contributed by atoms with Crippen LogP contribution in [0.15, 0.2) is 0 Å². The molecule has 0 aromatic rings. The maximum Gasteiger partial charge on any atom is 0.281 e. The number of unbranched alkanes of at least 4 members (excludes halogenated alkanes) is 2. The van der Waals surface area contributed by atoms with Crippen molar-refractivity contribution in [2.45, 2.75) is 46.0 Å². The number of hydrogen-bond acceptors (Lipinski definition) is 3. The zero-order valence-electron chi connectivity index (χ0n) is 11.9. The highest BCUT2D eigenvalue weighted by atomic mass is 32.2. The lowest BCUT2D eigenvalue weighted by molar-refractivity contribution is 0.280. The standard InChI is InChI=1S/C12H28N2O3S/c1-4-9-14(10-5-2)18(16,17)13(3)11-7-6-8-12-15/h15H,4-12H2,1-3H3. The van der Waals surface area contributed by atoms with E-state index in [-0.39, 0.29) is 6.61 Å². The molecule has 0 spiro atoms. The van der Waals surface area contributed by atoms with E-state index in [1.165, 1.54) is 4.31 Å². The van der Waals surface area contributed by atoms with Crippen molar-refractivity contribution in [1.82, 2.24) is 8.61 Å². The first-order valence-corrected chi connectivity index (χ1v) is 8.22. The molecule has 0 amide bonds. The molecule has 0 saturated carbocycles. The summed E-state index contributed by atoms with van der Waals surface area (Å²) < 4.78 is 27.5. The van der Waals surface area contributed by atoms with Crippen molar-refractivity contribution >= 4 is 10.2 Å². The van der Waals surface area contributed by atoms with Crippen LogP contribution in [0.1, 0.15) is 46.0 Å². The fourth-order valence-corrected chi connectivity index (χ4v) is 3.36. The summed E-state index contributed by atoms with van der Waals surface area (Å²) in [5.74, 6) is 0. The summed E-state index contributed by atoms with van der Waals surface area (Å²) in [6, 6.07) is 0.